The number of rotatable bonds is 1. The van der Waals surface area contributed by atoms with Crippen molar-refractivity contribution in [2.75, 3.05) is 0 Å². The number of nitrogens with zero attached hydrogens (tertiary/aromatic N) is 2. The first-order valence-electron chi connectivity index (χ1n) is 4.53. The molecule has 0 saturated heterocycles. The fourth-order valence-corrected chi connectivity index (χ4v) is 1.88. The maximum Gasteiger partial charge on any atom is 0.222 e. The van der Waals surface area contributed by atoms with E-state index >= 15 is 0 Å². The molecule has 0 spiro atoms. The van der Waals surface area contributed by atoms with Crippen molar-refractivity contribution in [1.29, 1.82) is 0 Å². The van der Waals surface area contributed by atoms with Crippen LogP contribution in [0.25, 0.3) is 11.3 Å². The van der Waals surface area contributed by atoms with Gasteiger partial charge < -0.3 is 0 Å². The molecule has 0 aliphatic carbocycles. The van der Waals surface area contributed by atoms with Gasteiger partial charge in [-0.1, -0.05) is 6.07 Å². The summed E-state index contributed by atoms with van der Waals surface area (Å²) in [7, 11) is 0. The summed E-state index contributed by atoms with van der Waals surface area (Å²) < 4.78 is 14.3. The maximum absolute atomic E-state index is 13.8. The van der Waals surface area contributed by atoms with Crippen molar-refractivity contribution in [2.24, 2.45) is 0 Å². The minimum atomic E-state index is -0.347. The van der Waals surface area contributed by atoms with Crippen LogP contribution in [0.3, 0.4) is 0 Å². The highest BCUT2D eigenvalue weighted by Gasteiger charge is 2.12. The van der Waals surface area contributed by atoms with Gasteiger partial charge in [-0.25, -0.2) is 14.4 Å². The van der Waals surface area contributed by atoms with Crippen LogP contribution in [0.15, 0.2) is 28.9 Å². The van der Waals surface area contributed by atoms with Crippen LogP contribution in [0.5, 0.6) is 0 Å². The number of aryl methyl sites for hydroxylation is 1. The lowest BCUT2D eigenvalue weighted by Gasteiger charge is -2.06. The predicted molar refractivity (Wildman–Crippen MR) is 64.9 cm³/mol. The number of hydrogen-bond acceptors (Lipinski definition) is 2. The van der Waals surface area contributed by atoms with Crippen LogP contribution in [0.4, 0.5) is 4.39 Å². The lowest BCUT2D eigenvalue weighted by atomic mass is 10.1. The van der Waals surface area contributed by atoms with E-state index in [4.69, 9.17) is 11.6 Å². The molecule has 0 saturated carbocycles. The van der Waals surface area contributed by atoms with Gasteiger partial charge >= 0.3 is 0 Å². The van der Waals surface area contributed by atoms with Crippen molar-refractivity contribution in [3.63, 3.8) is 0 Å². The molecule has 0 amide bonds. The average molecular weight is 302 g/mol. The second-order valence-corrected chi connectivity index (χ2v) is 4.46. The molecule has 0 aliphatic heterocycles. The fourth-order valence-electron chi connectivity index (χ4n) is 1.38. The Hall–Kier alpha value is -1.000. The summed E-state index contributed by atoms with van der Waals surface area (Å²) in [6, 6.07) is 5.04. The zero-order chi connectivity index (χ0) is 11.7. The second kappa shape index (κ2) is 4.47. The zero-order valence-corrected chi connectivity index (χ0v) is 10.7. The van der Waals surface area contributed by atoms with Crippen molar-refractivity contribution in [2.45, 2.75) is 6.92 Å². The lowest BCUT2D eigenvalue weighted by Crippen LogP contribution is -1.94. The molecule has 1 heterocycles. The van der Waals surface area contributed by atoms with E-state index < -0.39 is 0 Å². The minimum Gasteiger partial charge on any atom is -0.226 e. The van der Waals surface area contributed by atoms with E-state index in [0.29, 0.717) is 15.7 Å². The van der Waals surface area contributed by atoms with Gasteiger partial charge in [-0.3, -0.25) is 0 Å². The SMILES string of the molecule is Cc1cnc(Cl)nc1-c1cccc(Br)c1F. The van der Waals surface area contributed by atoms with Crippen molar-refractivity contribution in [3.05, 3.63) is 45.5 Å². The molecule has 2 nitrogen and oxygen atoms in total. The Bertz CT molecular complexity index is 546. The van der Waals surface area contributed by atoms with E-state index in [1.54, 1.807) is 24.4 Å². The van der Waals surface area contributed by atoms with Crippen LogP contribution < -0.4 is 0 Å². The average Bonchev–Trinajstić information content (AvgIpc) is 2.26. The third kappa shape index (κ3) is 2.08. The molecule has 82 valence electrons. The van der Waals surface area contributed by atoms with Gasteiger partial charge in [0.2, 0.25) is 5.28 Å². The second-order valence-electron chi connectivity index (χ2n) is 3.27. The number of benzene rings is 1. The van der Waals surface area contributed by atoms with Crippen LogP contribution in [0.1, 0.15) is 5.56 Å². The van der Waals surface area contributed by atoms with Gasteiger partial charge in [-0.05, 0) is 52.2 Å². The Morgan fingerprint density at radius 3 is 2.88 bits per heavy atom. The van der Waals surface area contributed by atoms with E-state index in [2.05, 4.69) is 25.9 Å². The molecule has 0 bridgehead atoms. The molecule has 0 fully saturated rings. The molecular weight excluding hydrogens is 294 g/mol. The molecule has 2 rings (SSSR count). The summed E-state index contributed by atoms with van der Waals surface area (Å²) in [5.41, 5.74) is 1.70. The van der Waals surface area contributed by atoms with Gasteiger partial charge in [0.25, 0.3) is 0 Å². The van der Waals surface area contributed by atoms with Crippen LogP contribution in [-0.4, -0.2) is 9.97 Å². The fraction of sp³-hybridized carbons (Fsp3) is 0.0909. The molecule has 1 aromatic heterocycles. The van der Waals surface area contributed by atoms with Crippen molar-refractivity contribution in [1.82, 2.24) is 9.97 Å². The monoisotopic (exact) mass is 300 g/mol. The smallest absolute Gasteiger partial charge is 0.222 e. The van der Waals surface area contributed by atoms with E-state index in [-0.39, 0.29) is 11.1 Å². The Morgan fingerprint density at radius 2 is 2.12 bits per heavy atom. The summed E-state index contributed by atoms with van der Waals surface area (Å²) in [4.78, 5) is 7.88. The highest BCUT2D eigenvalue weighted by molar-refractivity contribution is 9.10. The molecule has 0 aliphatic rings. The van der Waals surface area contributed by atoms with Gasteiger partial charge in [0.1, 0.15) is 5.82 Å². The van der Waals surface area contributed by atoms with E-state index in [1.807, 2.05) is 6.92 Å². The molecule has 1 aromatic carbocycles. The quantitative estimate of drug-likeness (QED) is 0.744. The molecule has 0 N–H and O–H groups in total. The molecule has 0 radical (unpaired) electrons. The predicted octanol–water partition coefficient (Wildman–Crippen LogP) is 4.01. The normalized spacial score (nSPS) is 10.5. The van der Waals surface area contributed by atoms with Crippen LogP contribution in [0.2, 0.25) is 5.28 Å². The van der Waals surface area contributed by atoms with Gasteiger partial charge in [0, 0.05) is 11.8 Å². The molecule has 0 atom stereocenters. The number of hydrogen-bond donors (Lipinski definition) is 0. The first kappa shape index (κ1) is 11.5. The summed E-state index contributed by atoms with van der Waals surface area (Å²) in [5, 5.41) is 0.111. The van der Waals surface area contributed by atoms with Crippen molar-refractivity contribution >= 4 is 27.5 Å². The van der Waals surface area contributed by atoms with E-state index in [1.165, 1.54) is 0 Å². The standard InChI is InChI=1S/C11H7BrClFN2/c1-6-5-15-11(13)16-10(6)7-3-2-4-8(12)9(7)14/h2-5H,1H3. The molecule has 5 heteroatoms. The number of aromatic nitrogens is 2. The topological polar surface area (TPSA) is 25.8 Å². The maximum atomic E-state index is 13.8. The van der Waals surface area contributed by atoms with E-state index in [0.717, 1.165) is 5.56 Å². The Balaban J connectivity index is 2.67. The van der Waals surface area contributed by atoms with Gasteiger partial charge in [0.15, 0.2) is 0 Å². The third-order valence-electron chi connectivity index (χ3n) is 2.15. The highest BCUT2D eigenvalue weighted by atomic mass is 79.9. The van der Waals surface area contributed by atoms with Gasteiger partial charge in [0.05, 0.1) is 10.2 Å². The zero-order valence-electron chi connectivity index (χ0n) is 8.34. The Kier molecular flexibility index (Phi) is 3.21. The molecule has 16 heavy (non-hydrogen) atoms. The van der Waals surface area contributed by atoms with Crippen molar-refractivity contribution < 1.29 is 4.39 Å². The minimum absolute atomic E-state index is 0.111. The lowest BCUT2D eigenvalue weighted by molar-refractivity contribution is 0.624. The van der Waals surface area contributed by atoms with Gasteiger partial charge in [-0.2, -0.15) is 0 Å². The van der Waals surface area contributed by atoms with Crippen LogP contribution in [-0.2, 0) is 0 Å². The summed E-state index contributed by atoms with van der Waals surface area (Å²) in [5.74, 6) is -0.347. The Morgan fingerprint density at radius 1 is 1.38 bits per heavy atom. The largest absolute Gasteiger partial charge is 0.226 e. The van der Waals surface area contributed by atoms with Gasteiger partial charge in [-0.15, -0.1) is 0 Å². The van der Waals surface area contributed by atoms with E-state index in [9.17, 15) is 4.39 Å². The molecule has 0 unspecified atom stereocenters. The van der Waals surface area contributed by atoms with Crippen LogP contribution in [0, 0.1) is 12.7 Å². The summed E-state index contributed by atoms with van der Waals surface area (Å²) >= 11 is 8.84. The number of halogens is 3. The van der Waals surface area contributed by atoms with Crippen molar-refractivity contribution in [3.8, 4) is 11.3 Å². The Labute approximate surface area is 106 Å². The first-order chi connectivity index (χ1) is 7.59. The highest BCUT2D eigenvalue weighted by Crippen LogP contribution is 2.28. The third-order valence-corrected chi connectivity index (χ3v) is 2.94. The molecular formula is C11H7BrClFN2. The first-order valence-corrected chi connectivity index (χ1v) is 5.70. The summed E-state index contributed by atoms with van der Waals surface area (Å²) in [6.45, 7) is 1.81. The van der Waals surface area contributed by atoms with Crippen LogP contribution >= 0.6 is 27.5 Å². The summed E-state index contributed by atoms with van der Waals surface area (Å²) in [6.07, 6.45) is 1.57. The molecule has 2 aromatic rings.